The SMILES string of the molecule is NNc1cn2ccnc2c(Sc2ncco2)n1. The van der Waals surface area contributed by atoms with Gasteiger partial charge in [0.15, 0.2) is 16.5 Å². The van der Waals surface area contributed by atoms with E-state index in [4.69, 9.17) is 10.3 Å². The third-order valence-corrected chi connectivity index (χ3v) is 2.93. The Morgan fingerprint density at radius 3 is 3.06 bits per heavy atom. The normalized spacial score (nSPS) is 10.9. The molecule has 0 atom stereocenters. The van der Waals surface area contributed by atoms with Crippen LogP contribution in [-0.2, 0) is 0 Å². The number of anilines is 1. The highest BCUT2D eigenvalue weighted by atomic mass is 32.2. The van der Waals surface area contributed by atoms with Crippen molar-refractivity contribution < 1.29 is 4.42 Å². The Hall–Kier alpha value is -2.06. The standard InChI is InChI=1S/C9H8N6OS/c10-14-6-5-15-3-1-11-7(15)8(13-6)17-9-12-2-4-16-9/h1-5,14H,10H2. The van der Waals surface area contributed by atoms with Gasteiger partial charge in [-0.3, -0.25) is 0 Å². The molecule has 86 valence electrons. The zero-order valence-electron chi connectivity index (χ0n) is 8.57. The number of nitrogens with zero attached hydrogens (tertiary/aromatic N) is 4. The molecule has 3 N–H and O–H groups in total. The van der Waals surface area contributed by atoms with Gasteiger partial charge in [-0.15, -0.1) is 0 Å². The van der Waals surface area contributed by atoms with Crippen LogP contribution in [0.1, 0.15) is 0 Å². The highest BCUT2D eigenvalue weighted by molar-refractivity contribution is 7.99. The predicted octanol–water partition coefficient (Wildman–Crippen LogP) is 1.15. The van der Waals surface area contributed by atoms with Gasteiger partial charge in [-0.2, -0.15) is 0 Å². The van der Waals surface area contributed by atoms with E-state index in [0.29, 0.717) is 16.1 Å². The number of imidazole rings is 1. The molecule has 0 aliphatic heterocycles. The molecule has 3 heterocycles. The minimum Gasteiger partial charge on any atom is -0.440 e. The lowest BCUT2D eigenvalue weighted by Gasteiger charge is -2.04. The molecule has 0 spiro atoms. The lowest BCUT2D eigenvalue weighted by atomic mass is 10.6. The van der Waals surface area contributed by atoms with Gasteiger partial charge in [-0.25, -0.2) is 20.8 Å². The van der Waals surface area contributed by atoms with Gasteiger partial charge in [-0.05, 0) is 11.8 Å². The van der Waals surface area contributed by atoms with Crippen molar-refractivity contribution in [1.82, 2.24) is 19.4 Å². The summed E-state index contributed by atoms with van der Waals surface area (Å²) in [5.74, 6) is 5.90. The summed E-state index contributed by atoms with van der Waals surface area (Å²) in [7, 11) is 0. The van der Waals surface area contributed by atoms with Crippen molar-refractivity contribution in [3.63, 3.8) is 0 Å². The highest BCUT2D eigenvalue weighted by Gasteiger charge is 2.11. The molecule has 0 aliphatic carbocycles. The van der Waals surface area contributed by atoms with E-state index in [2.05, 4.69) is 20.4 Å². The number of nitrogens with two attached hydrogens (primary N) is 1. The molecule has 0 radical (unpaired) electrons. The number of hydrogen-bond acceptors (Lipinski definition) is 7. The van der Waals surface area contributed by atoms with E-state index in [1.54, 1.807) is 18.6 Å². The number of hydrogen-bond donors (Lipinski definition) is 2. The van der Waals surface area contributed by atoms with E-state index < -0.39 is 0 Å². The van der Waals surface area contributed by atoms with Crippen LogP contribution in [0.15, 0.2) is 45.7 Å². The minimum absolute atomic E-state index is 0.511. The fraction of sp³-hybridized carbons (Fsp3) is 0. The number of aromatic nitrogens is 4. The van der Waals surface area contributed by atoms with E-state index in [-0.39, 0.29) is 0 Å². The number of oxazole rings is 1. The Labute approximate surface area is 100 Å². The summed E-state index contributed by atoms with van der Waals surface area (Å²) in [6.07, 6.45) is 8.35. The smallest absolute Gasteiger partial charge is 0.262 e. The summed E-state index contributed by atoms with van der Waals surface area (Å²) in [6.45, 7) is 0. The molecule has 17 heavy (non-hydrogen) atoms. The van der Waals surface area contributed by atoms with Crippen LogP contribution < -0.4 is 11.3 Å². The first-order valence-electron chi connectivity index (χ1n) is 4.74. The second-order valence-electron chi connectivity index (χ2n) is 3.13. The van der Waals surface area contributed by atoms with Gasteiger partial charge in [0.1, 0.15) is 6.26 Å². The first-order valence-corrected chi connectivity index (χ1v) is 5.56. The van der Waals surface area contributed by atoms with Gasteiger partial charge >= 0.3 is 0 Å². The Kier molecular flexibility index (Phi) is 2.42. The molecule has 0 unspecified atom stereocenters. The van der Waals surface area contributed by atoms with Gasteiger partial charge in [0.05, 0.1) is 12.4 Å². The number of hydrazine groups is 1. The van der Waals surface area contributed by atoms with Crippen molar-refractivity contribution in [3.8, 4) is 0 Å². The molecule has 7 nitrogen and oxygen atoms in total. The third-order valence-electron chi connectivity index (χ3n) is 2.08. The topological polar surface area (TPSA) is 94.3 Å². The van der Waals surface area contributed by atoms with Gasteiger partial charge in [-0.1, -0.05) is 0 Å². The van der Waals surface area contributed by atoms with E-state index in [1.165, 1.54) is 18.0 Å². The largest absolute Gasteiger partial charge is 0.440 e. The molecule has 0 fully saturated rings. The van der Waals surface area contributed by atoms with Crippen LogP contribution in [0.4, 0.5) is 5.82 Å². The zero-order chi connectivity index (χ0) is 11.7. The molecule has 0 saturated heterocycles. The molecule has 0 aromatic carbocycles. The molecular formula is C9H8N6OS. The molecule has 0 bridgehead atoms. The maximum Gasteiger partial charge on any atom is 0.262 e. The fourth-order valence-electron chi connectivity index (χ4n) is 1.38. The summed E-state index contributed by atoms with van der Waals surface area (Å²) in [4.78, 5) is 12.6. The molecule has 0 aliphatic rings. The van der Waals surface area contributed by atoms with Crippen molar-refractivity contribution in [2.75, 3.05) is 5.43 Å². The summed E-state index contributed by atoms with van der Waals surface area (Å²) in [6, 6.07) is 0. The maximum atomic E-state index is 5.36. The van der Waals surface area contributed by atoms with E-state index >= 15 is 0 Å². The van der Waals surface area contributed by atoms with Crippen LogP contribution in [0.3, 0.4) is 0 Å². The first kappa shape index (κ1) is 10.1. The quantitative estimate of drug-likeness (QED) is 0.530. The van der Waals surface area contributed by atoms with Crippen molar-refractivity contribution in [2.24, 2.45) is 5.84 Å². The monoisotopic (exact) mass is 248 g/mol. The van der Waals surface area contributed by atoms with E-state index in [1.807, 2.05) is 10.6 Å². The van der Waals surface area contributed by atoms with Crippen LogP contribution in [0.25, 0.3) is 5.65 Å². The van der Waals surface area contributed by atoms with Crippen LogP contribution in [0, 0.1) is 0 Å². The summed E-state index contributed by atoms with van der Waals surface area (Å²) >= 11 is 1.29. The van der Waals surface area contributed by atoms with Crippen molar-refractivity contribution in [3.05, 3.63) is 31.1 Å². The van der Waals surface area contributed by atoms with Crippen LogP contribution in [0.5, 0.6) is 0 Å². The highest BCUT2D eigenvalue weighted by Crippen LogP contribution is 2.28. The molecule has 3 aromatic heterocycles. The summed E-state index contributed by atoms with van der Waals surface area (Å²) < 4.78 is 6.99. The Balaban J connectivity index is 2.10. The second-order valence-corrected chi connectivity index (χ2v) is 4.07. The van der Waals surface area contributed by atoms with Gasteiger partial charge < -0.3 is 14.2 Å². The maximum absolute atomic E-state index is 5.36. The lowest BCUT2D eigenvalue weighted by Crippen LogP contribution is -2.10. The average molecular weight is 248 g/mol. The zero-order valence-corrected chi connectivity index (χ0v) is 9.39. The molecular weight excluding hydrogens is 240 g/mol. The van der Waals surface area contributed by atoms with Gasteiger partial charge in [0.2, 0.25) is 0 Å². The third kappa shape index (κ3) is 1.83. The van der Waals surface area contributed by atoms with Gasteiger partial charge in [0.25, 0.3) is 5.22 Å². The van der Waals surface area contributed by atoms with Crippen molar-refractivity contribution in [1.29, 1.82) is 0 Å². The van der Waals surface area contributed by atoms with Crippen LogP contribution in [0.2, 0.25) is 0 Å². The molecule has 3 aromatic rings. The number of rotatable bonds is 3. The Bertz CT molecular complexity index is 634. The van der Waals surface area contributed by atoms with E-state index in [9.17, 15) is 0 Å². The predicted molar refractivity (Wildman–Crippen MR) is 61.4 cm³/mol. The Morgan fingerprint density at radius 2 is 2.29 bits per heavy atom. The average Bonchev–Trinajstić information content (AvgIpc) is 2.98. The summed E-state index contributed by atoms with van der Waals surface area (Å²) in [5.41, 5.74) is 3.23. The van der Waals surface area contributed by atoms with Crippen LogP contribution in [-0.4, -0.2) is 19.4 Å². The molecule has 0 amide bonds. The number of nitrogen functional groups attached to an aromatic ring is 1. The Morgan fingerprint density at radius 1 is 1.35 bits per heavy atom. The van der Waals surface area contributed by atoms with Gasteiger partial charge in [0, 0.05) is 12.4 Å². The molecule has 8 heteroatoms. The van der Waals surface area contributed by atoms with E-state index in [0.717, 1.165) is 5.65 Å². The fourth-order valence-corrected chi connectivity index (χ4v) is 2.16. The minimum atomic E-state index is 0.511. The summed E-state index contributed by atoms with van der Waals surface area (Å²) in [5, 5.41) is 1.18. The first-order chi connectivity index (χ1) is 8.36. The lowest BCUT2D eigenvalue weighted by molar-refractivity contribution is 0.454. The number of nitrogens with one attached hydrogen (secondary N) is 1. The van der Waals surface area contributed by atoms with Crippen LogP contribution >= 0.6 is 11.8 Å². The molecule has 3 rings (SSSR count). The molecule has 0 saturated carbocycles. The number of fused-ring (bicyclic) bond motifs is 1. The van der Waals surface area contributed by atoms with Crippen molar-refractivity contribution in [2.45, 2.75) is 10.2 Å². The second kappa shape index (κ2) is 4.07. The van der Waals surface area contributed by atoms with Crippen molar-refractivity contribution >= 4 is 23.2 Å².